The van der Waals surface area contributed by atoms with E-state index in [0.717, 1.165) is 49.3 Å². The van der Waals surface area contributed by atoms with E-state index in [4.69, 9.17) is 0 Å². The highest BCUT2D eigenvalue weighted by Gasteiger charge is 2.46. The Balaban J connectivity index is 1.27. The molecule has 2 saturated heterocycles. The first-order chi connectivity index (χ1) is 17.4. The Morgan fingerprint density at radius 2 is 2.03 bits per heavy atom. The van der Waals surface area contributed by atoms with Crippen molar-refractivity contribution in [1.82, 2.24) is 30.0 Å². The SMILES string of the molecule is Cn1cc(F)c(-c2ccc(-c3ncc(N(C4CC4)[C@@H]4C[C@@H]5CCC[C@@H](N5)[C@@H]4F)nn3)c(O)c2)nc1=O. The third-order valence-corrected chi connectivity index (χ3v) is 7.46. The molecule has 3 aromatic rings. The quantitative estimate of drug-likeness (QED) is 0.556. The minimum Gasteiger partial charge on any atom is -0.507 e. The Hall–Kier alpha value is -3.47. The van der Waals surface area contributed by atoms with Gasteiger partial charge in [0, 0.05) is 36.9 Å². The van der Waals surface area contributed by atoms with Crippen LogP contribution in [-0.4, -0.2) is 60.2 Å². The molecule has 0 amide bonds. The van der Waals surface area contributed by atoms with Gasteiger partial charge in [0.25, 0.3) is 0 Å². The standard InChI is InChI=1S/C25H27F2N7O2/c1-33-12-17(26)23(30-25(33)36)13-5-8-16(20(35)9-13)24-28-11-21(31-32-24)34(15-6-7-15)19-10-14-3-2-4-18(29-14)22(19)27/h5,8-9,11-12,14-15,18-19,22,29,35H,2-4,6-7,10H2,1H3/t14-,18+,19+,22-/m0/s1. The van der Waals surface area contributed by atoms with E-state index in [2.05, 4.69) is 30.4 Å². The van der Waals surface area contributed by atoms with Crippen LogP contribution < -0.4 is 15.9 Å². The van der Waals surface area contributed by atoms with E-state index in [1.54, 1.807) is 6.20 Å². The van der Waals surface area contributed by atoms with Crippen molar-refractivity contribution in [2.45, 2.75) is 68.9 Å². The monoisotopic (exact) mass is 495 g/mol. The molecule has 9 nitrogen and oxygen atoms in total. The summed E-state index contributed by atoms with van der Waals surface area (Å²) in [5.41, 5.74) is -0.200. The van der Waals surface area contributed by atoms with Crippen molar-refractivity contribution in [1.29, 1.82) is 0 Å². The fraction of sp³-hybridized carbons (Fsp3) is 0.480. The van der Waals surface area contributed by atoms with Gasteiger partial charge in [-0.25, -0.2) is 18.6 Å². The number of nitrogens with one attached hydrogen (secondary N) is 1. The largest absolute Gasteiger partial charge is 0.507 e. The lowest BCUT2D eigenvalue weighted by Gasteiger charge is -2.47. The number of aromatic nitrogens is 5. The molecule has 0 spiro atoms. The van der Waals surface area contributed by atoms with Crippen molar-refractivity contribution in [3.63, 3.8) is 0 Å². The van der Waals surface area contributed by atoms with Crippen LogP contribution in [0.25, 0.3) is 22.6 Å². The Labute approximate surface area is 206 Å². The summed E-state index contributed by atoms with van der Waals surface area (Å²) in [6.45, 7) is 0. The number of aromatic hydroxyl groups is 1. The van der Waals surface area contributed by atoms with Gasteiger partial charge in [0.1, 0.15) is 17.6 Å². The Morgan fingerprint density at radius 1 is 1.19 bits per heavy atom. The van der Waals surface area contributed by atoms with E-state index in [9.17, 15) is 14.3 Å². The lowest BCUT2D eigenvalue weighted by molar-refractivity contribution is 0.104. The highest BCUT2D eigenvalue weighted by atomic mass is 19.1. The number of halogens is 2. The van der Waals surface area contributed by atoms with Crippen LogP contribution in [0.1, 0.15) is 38.5 Å². The van der Waals surface area contributed by atoms with Gasteiger partial charge >= 0.3 is 5.69 Å². The molecule has 3 aliphatic rings. The molecule has 1 aromatic carbocycles. The van der Waals surface area contributed by atoms with Crippen molar-refractivity contribution < 1.29 is 13.9 Å². The Kier molecular flexibility index (Phi) is 5.66. The van der Waals surface area contributed by atoms with E-state index in [0.29, 0.717) is 17.4 Å². The van der Waals surface area contributed by atoms with E-state index < -0.39 is 17.7 Å². The molecule has 188 valence electrons. The van der Waals surface area contributed by atoms with Crippen LogP contribution >= 0.6 is 0 Å². The molecule has 0 unspecified atom stereocenters. The van der Waals surface area contributed by atoms with Gasteiger partial charge in [0.05, 0.1) is 17.8 Å². The first-order valence-electron chi connectivity index (χ1n) is 12.3. The Morgan fingerprint density at radius 3 is 2.75 bits per heavy atom. The number of nitrogens with zero attached hydrogens (tertiary/aromatic N) is 6. The number of rotatable bonds is 5. The zero-order chi connectivity index (χ0) is 25.0. The zero-order valence-electron chi connectivity index (χ0n) is 19.8. The summed E-state index contributed by atoms with van der Waals surface area (Å²) in [7, 11) is 1.41. The number of fused-ring (bicyclic) bond motifs is 2. The lowest BCUT2D eigenvalue weighted by Crippen LogP contribution is -2.62. The van der Waals surface area contributed by atoms with Crippen LogP contribution in [0.15, 0.2) is 35.4 Å². The minimum atomic E-state index is -0.982. The highest BCUT2D eigenvalue weighted by molar-refractivity contribution is 5.71. The van der Waals surface area contributed by atoms with Crippen molar-refractivity contribution >= 4 is 5.82 Å². The van der Waals surface area contributed by atoms with Crippen LogP contribution in [0, 0.1) is 5.82 Å². The number of hydrogen-bond acceptors (Lipinski definition) is 8. The summed E-state index contributed by atoms with van der Waals surface area (Å²) in [6, 6.07) is 4.56. The predicted octanol–water partition coefficient (Wildman–Crippen LogP) is 2.73. The normalized spacial score (nSPS) is 25.5. The lowest BCUT2D eigenvalue weighted by atomic mass is 9.82. The molecule has 11 heteroatoms. The third kappa shape index (κ3) is 4.11. The van der Waals surface area contributed by atoms with Crippen LogP contribution in [0.3, 0.4) is 0 Å². The average molecular weight is 496 g/mol. The van der Waals surface area contributed by atoms with Gasteiger partial charge < -0.3 is 15.3 Å². The molecule has 1 saturated carbocycles. The maximum absolute atomic E-state index is 15.4. The van der Waals surface area contributed by atoms with E-state index in [1.165, 1.54) is 25.2 Å². The maximum atomic E-state index is 15.4. The van der Waals surface area contributed by atoms with Crippen LogP contribution in [0.4, 0.5) is 14.6 Å². The minimum absolute atomic E-state index is 0.122. The summed E-state index contributed by atoms with van der Waals surface area (Å²) in [4.78, 5) is 22.1. The maximum Gasteiger partial charge on any atom is 0.348 e. The number of benzene rings is 1. The van der Waals surface area contributed by atoms with Gasteiger partial charge in [-0.05, 0) is 44.2 Å². The van der Waals surface area contributed by atoms with Gasteiger partial charge in [0.2, 0.25) is 0 Å². The van der Waals surface area contributed by atoms with Gasteiger partial charge in [-0.3, -0.25) is 4.57 Å². The molecule has 2 N–H and O–H groups in total. The third-order valence-electron chi connectivity index (χ3n) is 7.46. The molecule has 2 aromatic heterocycles. The number of phenolic OH excluding ortho intramolecular Hbond substituents is 1. The van der Waals surface area contributed by atoms with E-state index in [1.807, 2.05) is 0 Å². The first-order valence-corrected chi connectivity index (χ1v) is 12.3. The van der Waals surface area contributed by atoms with Crippen molar-refractivity contribution in [3.8, 4) is 28.4 Å². The fourth-order valence-electron chi connectivity index (χ4n) is 5.52. The fourth-order valence-corrected chi connectivity index (χ4v) is 5.52. The smallest absolute Gasteiger partial charge is 0.348 e. The van der Waals surface area contributed by atoms with Gasteiger partial charge in [-0.15, -0.1) is 10.2 Å². The summed E-state index contributed by atoms with van der Waals surface area (Å²) >= 11 is 0. The molecule has 0 radical (unpaired) electrons. The number of phenols is 1. The number of alkyl halides is 1. The molecule has 1 aliphatic carbocycles. The summed E-state index contributed by atoms with van der Waals surface area (Å²) in [6.07, 6.45) is 7.33. The highest BCUT2D eigenvalue weighted by Crippen LogP contribution is 2.39. The van der Waals surface area contributed by atoms with Gasteiger partial charge in [0.15, 0.2) is 17.5 Å². The summed E-state index contributed by atoms with van der Waals surface area (Å²) in [5, 5.41) is 22.7. The summed E-state index contributed by atoms with van der Waals surface area (Å²) in [5.74, 6) is -0.149. The second-order valence-electron chi connectivity index (χ2n) is 9.99. The number of aryl methyl sites for hydroxylation is 1. The zero-order valence-corrected chi connectivity index (χ0v) is 19.8. The molecular weight excluding hydrogens is 468 g/mol. The first kappa shape index (κ1) is 23.0. The second kappa shape index (κ2) is 8.88. The number of hydrogen-bond donors (Lipinski definition) is 2. The molecule has 2 aliphatic heterocycles. The van der Waals surface area contributed by atoms with Crippen molar-refractivity contribution in [3.05, 3.63) is 46.9 Å². The van der Waals surface area contributed by atoms with Crippen LogP contribution in [0.2, 0.25) is 0 Å². The van der Waals surface area contributed by atoms with Gasteiger partial charge in [-0.1, -0.05) is 12.5 Å². The van der Waals surface area contributed by atoms with E-state index >= 15 is 4.39 Å². The molecule has 2 bridgehead atoms. The molecular formula is C25H27F2N7O2. The number of anilines is 1. The second-order valence-corrected chi connectivity index (χ2v) is 9.99. The van der Waals surface area contributed by atoms with Crippen LogP contribution in [-0.2, 0) is 7.05 Å². The van der Waals surface area contributed by atoms with Crippen molar-refractivity contribution in [2.75, 3.05) is 4.90 Å². The summed E-state index contributed by atoms with van der Waals surface area (Å²) < 4.78 is 30.8. The van der Waals surface area contributed by atoms with E-state index in [-0.39, 0.29) is 41.0 Å². The Bertz CT molecular complexity index is 1350. The molecule has 4 atom stereocenters. The average Bonchev–Trinajstić information content (AvgIpc) is 3.71. The van der Waals surface area contributed by atoms with Gasteiger partial charge in [-0.2, -0.15) is 4.98 Å². The molecule has 4 heterocycles. The van der Waals surface area contributed by atoms with Crippen LogP contribution in [0.5, 0.6) is 5.75 Å². The predicted molar refractivity (Wildman–Crippen MR) is 129 cm³/mol. The number of piperidine rings is 2. The topological polar surface area (TPSA) is 109 Å². The molecule has 36 heavy (non-hydrogen) atoms. The molecule has 3 fully saturated rings. The molecule has 6 rings (SSSR count). The van der Waals surface area contributed by atoms with Crippen molar-refractivity contribution in [2.24, 2.45) is 7.05 Å².